The quantitative estimate of drug-likeness (QED) is 0.490. The molecule has 0 radical (unpaired) electrons. The molecule has 156 valence electrons. The summed E-state index contributed by atoms with van der Waals surface area (Å²) in [6.07, 6.45) is 12.2. The average molecular weight is 396 g/mol. The lowest BCUT2D eigenvalue weighted by Gasteiger charge is -2.58. The molecule has 0 unspecified atom stereocenters. The van der Waals surface area contributed by atoms with E-state index in [9.17, 15) is 14.9 Å². The van der Waals surface area contributed by atoms with Gasteiger partial charge in [0, 0.05) is 19.4 Å². The van der Waals surface area contributed by atoms with E-state index in [0.717, 1.165) is 31.3 Å². The topological polar surface area (TPSA) is 67.2 Å². The molecule has 4 rings (SSSR count). The summed E-state index contributed by atoms with van der Waals surface area (Å²) in [6, 6.07) is 2.19. The molecule has 0 aromatic heterocycles. The third-order valence-corrected chi connectivity index (χ3v) is 9.10. The Morgan fingerprint density at radius 3 is 2.72 bits per heavy atom. The summed E-state index contributed by atoms with van der Waals surface area (Å²) in [7, 11) is 0. The van der Waals surface area contributed by atoms with Gasteiger partial charge in [-0.3, -0.25) is 9.59 Å². The summed E-state index contributed by atoms with van der Waals surface area (Å²) < 4.78 is 5.30. The fraction of sp³-hybridized carbons (Fsp3) is 0.720. The third kappa shape index (κ3) is 3.27. The molecule has 0 N–H and O–H groups in total. The standard InChI is InChI=1S/C25H33NO3/c1-16(27)29-15-17(10-13-26)21-6-7-22-20-5-4-18-14-19(28)8-11-24(18,2)23(20)9-12-25(21,22)3/h10,14,20-23H,4-9,11-12,15H2,1-3H3/b17-10-/t20-,21+,22-,23-,24-,25+/m0/s1. The van der Waals surface area contributed by atoms with Crippen LogP contribution in [0, 0.1) is 45.8 Å². The van der Waals surface area contributed by atoms with E-state index < -0.39 is 0 Å². The smallest absolute Gasteiger partial charge is 0.302 e. The van der Waals surface area contributed by atoms with Crippen molar-refractivity contribution in [1.29, 1.82) is 5.26 Å². The molecule has 0 spiro atoms. The first-order valence-electron chi connectivity index (χ1n) is 11.3. The van der Waals surface area contributed by atoms with Gasteiger partial charge >= 0.3 is 5.97 Å². The number of carbonyl (C=O) groups excluding carboxylic acids is 2. The molecule has 4 aliphatic rings. The number of nitriles is 1. The van der Waals surface area contributed by atoms with Gasteiger partial charge in [-0.15, -0.1) is 0 Å². The van der Waals surface area contributed by atoms with Gasteiger partial charge in [0.2, 0.25) is 0 Å². The zero-order valence-electron chi connectivity index (χ0n) is 18.0. The molecule has 6 atom stereocenters. The highest BCUT2D eigenvalue weighted by atomic mass is 16.5. The molecule has 4 aliphatic carbocycles. The molecular formula is C25H33NO3. The maximum absolute atomic E-state index is 12.0. The number of nitrogens with zero attached hydrogens (tertiary/aromatic N) is 1. The van der Waals surface area contributed by atoms with Crippen molar-refractivity contribution in [2.45, 2.75) is 72.1 Å². The molecule has 3 fully saturated rings. The monoisotopic (exact) mass is 395 g/mol. The van der Waals surface area contributed by atoms with Crippen molar-refractivity contribution < 1.29 is 14.3 Å². The average Bonchev–Trinajstić information content (AvgIpc) is 3.03. The minimum atomic E-state index is -0.288. The Morgan fingerprint density at radius 1 is 1.21 bits per heavy atom. The van der Waals surface area contributed by atoms with E-state index in [4.69, 9.17) is 4.74 Å². The zero-order valence-corrected chi connectivity index (χ0v) is 18.0. The van der Waals surface area contributed by atoms with Crippen molar-refractivity contribution in [3.63, 3.8) is 0 Å². The van der Waals surface area contributed by atoms with Gasteiger partial charge in [0.15, 0.2) is 5.78 Å². The highest BCUT2D eigenvalue weighted by Gasteiger charge is 2.59. The minimum absolute atomic E-state index is 0.173. The Kier molecular flexibility index (Phi) is 5.21. The van der Waals surface area contributed by atoms with Crippen molar-refractivity contribution in [3.8, 4) is 6.07 Å². The number of allylic oxidation sites excluding steroid dienone is 2. The molecule has 0 saturated heterocycles. The summed E-state index contributed by atoms with van der Waals surface area (Å²) in [4.78, 5) is 23.3. The minimum Gasteiger partial charge on any atom is -0.461 e. The molecular weight excluding hydrogens is 362 g/mol. The molecule has 0 bridgehead atoms. The van der Waals surface area contributed by atoms with Gasteiger partial charge in [-0.25, -0.2) is 0 Å². The van der Waals surface area contributed by atoms with Gasteiger partial charge in [-0.05, 0) is 91.1 Å². The summed E-state index contributed by atoms with van der Waals surface area (Å²) in [6.45, 7) is 6.51. The van der Waals surface area contributed by atoms with E-state index in [1.165, 1.54) is 31.8 Å². The lowest BCUT2D eigenvalue weighted by molar-refractivity contribution is -0.140. The van der Waals surface area contributed by atoms with Gasteiger partial charge in [0.05, 0.1) is 6.07 Å². The number of carbonyl (C=O) groups is 2. The number of rotatable bonds is 3. The molecule has 0 aromatic rings. The van der Waals surface area contributed by atoms with Gasteiger partial charge in [-0.1, -0.05) is 19.4 Å². The Hall–Kier alpha value is -1.89. The van der Waals surface area contributed by atoms with Crippen LogP contribution in [0.15, 0.2) is 23.3 Å². The van der Waals surface area contributed by atoms with E-state index in [-0.39, 0.29) is 23.4 Å². The fourth-order valence-corrected chi connectivity index (χ4v) is 7.68. The largest absolute Gasteiger partial charge is 0.461 e. The predicted octanol–water partition coefficient (Wildman–Crippen LogP) is 5.15. The number of fused-ring (bicyclic) bond motifs is 5. The second kappa shape index (κ2) is 7.42. The molecule has 0 aliphatic heterocycles. The van der Waals surface area contributed by atoms with Crippen LogP contribution in [-0.2, 0) is 14.3 Å². The van der Waals surface area contributed by atoms with Gasteiger partial charge in [0.25, 0.3) is 0 Å². The number of ketones is 1. The fourth-order valence-electron chi connectivity index (χ4n) is 7.68. The summed E-state index contributed by atoms with van der Waals surface area (Å²) >= 11 is 0. The highest BCUT2D eigenvalue weighted by Crippen LogP contribution is 2.67. The molecule has 0 aromatic carbocycles. The lowest BCUT2D eigenvalue weighted by atomic mass is 9.46. The van der Waals surface area contributed by atoms with Gasteiger partial charge in [-0.2, -0.15) is 5.26 Å². The summed E-state index contributed by atoms with van der Waals surface area (Å²) in [5.74, 6) is 2.38. The van der Waals surface area contributed by atoms with Crippen LogP contribution in [0.2, 0.25) is 0 Å². The number of hydrogen-bond donors (Lipinski definition) is 0. The van der Waals surface area contributed by atoms with Crippen LogP contribution in [0.3, 0.4) is 0 Å². The Balaban J connectivity index is 1.60. The molecule has 4 nitrogen and oxygen atoms in total. The van der Waals surface area contributed by atoms with Crippen molar-refractivity contribution in [3.05, 3.63) is 23.3 Å². The van der Waals surface area contributed by atoms with Crippen LogP contribution in [0.25, 0.3) is 0 Å². The van der Waals surface area contributed by atoms with Crippen LogP contribution in [-0.4, -0.2) is 18.4 Å². The highest BCUT2D eigenvalue weighted by molar-refractivity contribution is 5.91. The number of ether oxygens (including phenoxy) is 1. The SMILES string of the molecule is CC(=O)OC/C(=C/C#N)[C@H]1CC[C@H]2[C@@H]3CCC4=CC(=O)CC[C@]4(C)[C@H]3CC[C@]12C. The summed E-state index contributed by atoms with van der Waals surface area (Å²) in [5.41, 5.74) is 2.77. The summed E-state index contributed by atoms with van der Waals surface area (Å²) in [5, 5.41) is 9.31. The number of hydrogen-bond acceptors (Lipinski definition) is 4. The first kappa shape index (κ1) is 20.4. The van der Waals surface area contributed by atoms with Crippen LogP contribution < -0.4 is 0 Å². The van der Waals surface area contributed by atoms with Crippen molar-refractivity contribution >= 4 is 11.8 Å². The third-order valence-electron chi connectivity index (χ3n) is 9.10. The van der Waals surface area contributed by atoms with E-state index in [2.05, 4.69) is 19.9 Å². The first-order chi connectivity index (χ1) is 13.8. The van der Waals surface area contributed by atoms with Gasteiger partial charge in [0.1, 0.15) is 6.61 Å². The molecule has 3 saturated carbocycles. The van der Waals surface area contributed by atoms with E-state index in [0.29, 0.717) is 35.9 Å². The maximum Gasteiger partial charge on any atom is 0.302 e. The van der Waals surface area contributed by atoms with Crippen molar-refractivity contribution in [1.82, 2.24) is 0 Å². The van der Waals surface area contributed by atoms with E-state index in [1.807, 2.05) is 6.08 Å². The Morgan fingerprint density at radius 2 is 2.00 bits per heavy atom. The molecule has 0 amide bonds. The Labute approximate surface area is 174 Å². The van der Waals surface area contributed by atoms with Crippen LogP contribution >= 0.6 is 0 Å². The predicted molar refractivity (Wildman–Crippen MR) is 111 cm³/mol. The number of esters is 1. The second-order valence-electron chi connectivity index (χ2n) is 10.3. The molecule has 4 heteroatoms. The van der Waals surface area contributed by atoms with Crippen LogP contribution in [0.5, 0.6) is 0 Å². The molecule has 29 heavy (non-hydrogen) atoms. The second-order valence-corrected chi connectivity index (χ2v) is 10.3. The van der Waals surface area contributed by atoms with Crippen molar-refractivity contribution in [2.75, 3.05) is 6.61 Å². The van der Waals surface area contributed by atoms with Gasteiger partial charge < -0.3 is 4.74 Å². The van der Waals surface area contributed by atoms with E-state index >= 15 is 0 Å². The normalized spacial score (nSPS) is 41.5. The van der Waals surface area contributed by atoms with Crippen LogP contribution in [0.1, 0.15) is 72.1 Å². The first-order valence-corrected chi connectivity index (χ1v) is 11.3. The molecule has 0 heterocycles. The van der Waals surface area contributed by atoms with E-state index in [1.54, 1.807) is 6.08 Å². The zero-order chi connectivity index (χ0) is 20.8. The van der Waals surface area contributed by atoms with Crippen molar-refractivity contribution in [2.24, 2.45) is 34.5 Å². The van der Waals surface area contributed by atoms with Crippen LogP contribution in [0.4, 0.5) is 0 Å². The Bertz CT molecular complexity index is 818. The lowest BCUT2D eigenvalue weighted by Crippen LogP contribution is -2.50. The maximum atomic E-state index is 12.0.